The van der Waals surface area contributed by atoms with Gasteiger partial charge in [-0.3, -0.25) is 4.79 Å². The minimum Gasteiger partial charge on any atom is -0.478 e. The quantitative estimate of drug-likeness (QED) is 0.546. The Morgan fingerprint density at radius 3 is 2.29 bits per heavy atom. The number of aldehydes is 1. The topological polar surface area (TPSA) is 80.4 Å². The van der Waals surface area contributed by atoms with Gasteiger partial charge < -0.3 is 10.8 Å². The molecule has 0 aliphatic heterocycles. The van der Waals surface area contributed by atoms with Crippen molar-refractivity contribution in [2.24, 2.45) is 0 Å². The fourth-order valence-electron chi connectivity index (χ4n) is 2.43. The molecule has 0 atom stereocenters. The van der Waals surface area contributed by atoms with Crippen molar-refractivity contribution in [1.29, 1.82) is 0 Å². The van der Waals surface area contributed by atoms with Crippen molar-refractivity contribution in [2.75, 3.05) is 5.73 Å². The Morgan fingerprint density at radius 1 is 0.958 bits per heavy atom. The van der Waals surface area contributed by atoms with Crippen LogP contribution < -0.4 is 5.73 Å². The molecular weight excluding hydrogens is 302 g/mol. The third kappa shape index (κ3) is 3.60. The number of carbonyl (C=O) groups excluding carboxylic acids is 1. The maximum Gasteiger partial charge on any atom is 0.337 e. The van der Waals surface area contributed by atoms with Crippen LogP contribution in [0.1, 0.15) is 31.8 Å². The first-order chi connectivity index (χ1) is 11.5. The van der Waals surface area contributed by atoms with Gasteiger partial charge in [-0.25, -0.2) is 4.79 Å². The molecule has 0 saturated heterocycles. The molecule has 3 rings (SSSR count). The van der Waals surface area contributed by atoms with Crippen molar-refractivity contribution in [2.45, 2.75) is 13.8 Å². The third-order valence-corrected chi connectivity index (χ3v) is 3.86. The SMILES string of the molecule is Cc1ccc2ccccc2c1C=O.Cc1cccc(C(=O)O)c1N. The van der Waals surface area contributed by atoms with Crippen LogP contribution in [-0.4, -0.2) is 17.4 Å². The van der Waals surface area contributed by atoms with Crippen molar-refractivity contribution < 1.29 is 14.7 Å². The van der Waals surface area contributed by atoms with Crippen LogP contribution in [0.5, 0.6) is 0 Å². The Hall–Kier alpha value is -3.14. The van der Waals surface area contributed by atoms with E-state index in [1.165, 1.54) is 6.07 Å². The molecule has 3 aromatic carbocycles. The fourth-order valence-corrected chi connectivity index (χ4v) is 2.43. The van der Waals surface area contributed by atoms with Crippen molar-refractivity contribution in [3.8, 4) is 0 Å². The minimum atomic E-state index is -0.980. The predicted octanol–water partition coefficient (Wildman–Crippen LogP) is 4.24. The smallest absolute Gasteiger partial charge is 0.337 e. The zero-order valence-electron chi connectivity index (χ0n) is 13.6. The van der Waals surface area contributed by atoms with E-state index in [-0.39, 0.29) is 5.56 Å². The lowest BCUT2D eigenvalue weighted by Crippen LogP contribution is -2.03. The van der Waals surface area contributed by atoms with Gasteiger partial charge in [0.25, 0.3) is 0 Å². The number of carboxylic acid groups (broad SMARTS) is 1. The molecule has 0 heterocycles. The summed E-state index contributed by atoms with van der Waals surface area (Å²) in [6, 6.07) is 16.9. The maximum atomic E-state index is 10.8. The average molecular weight is 321 g/mol. The highest BCUT2D eigenvalue weighted by Gasteiger charge is 2.07. The molecule has 0 aliphatic rings. The fraction of sp³-hybridized carbons (Fsp3) is 0.100. The van der Waals surface area contributed by atoms with E-state index in [0.29, 0.717) is 5.69 Å². The van der Waals surface area contributed by atoms with Crippen LogP contribution in [0.4, 0.5) is 5.69 Å². The number of hydrogen-bond donors (Lipinski definition) is 2. The molecule has 0 radical (unpaired) electrons. The predicted molar refractivity (Wildman–Crippen MR) is 96.6 cm³/mol. The summed E-state index contributed by atoms with van der Waals surface area (Å²) in [5.74, 6) is -0.980. The van der Waals surface area contributed by atoms with Crippen LogP contribution >= 0.6 is 0 Å². The third-order valence-electron chi connectivity index (χ3n) is 3.86. The van der Waals surface area contributed by atoms with Crippen molar-refractivity contribution in [3.63, 3.8) is 0 Å². The molecule has 0 saturated carbocycles. The number of carbonyl (C=O) groups is 2. The lowest BCUT2D eigenvalue weighted by Gasteiger charge is -2.03. The second-order valence-corrected chi connectivity index (χ2v) is 5.48. The lowest BCUT2D eigenvalue weighted by atomic mass is 10.0. The molecule has 0 amide bonds. The van der Waals surface area contributed by atoms with Gasteiger partial charge in [0.2, 0.25) is 0 Å². The number of rotatable bonds is 2. The largest absolute Gasteiger partial charge is 0.478 e. The summed E-state index contributed by atoms with van der Waals surface area (Å²) in [6.45, 7) is 3.73. The average Bonchev–Trinajstić information content (AvgIpc) is 2.57. The molecule has 0 unspecified atom stereocenters. The summed E-state index contributed by atoms with van der Waals surface area (Å²) in [4.78, 5) is 21.3. The first-order valence-electron chi connectivity index (χ1n) is 7.47. The Labute approximate surface area is 140 Å². The zero-order valence-corrected chi connectivity index (χ0v) is 13.6. The van der Waals surface area contributed by atoms with Crippen LogP contribution in [0, 0.1) is 13.8 Å². The number of hydrogen-bond acceptors (Lipinski definition) is 3. The molecule has 24 heavy (non-hydrogen) atoms. The number of benzene rings is 3. The van der Waals surface area contributed by atoms with Gasteiger partial charge in [-0.1, -0.05) is 48.5 Å². The van der Waals surface area contributed by atoms with E-state index < -0.39 is 5.97 Å². The second kappa shape index (κ2) is 7.42. The van der Waals surface area contributed by atoms with Gasteiger partial charge in [0.05, 0.1) is 5.56 Å². The monoisotopic (exact) mass is 321 g/mol. The molecule has 4 heteroatoms. The molecular formula is C20H19NO3. The van der Waals surface area contributed by atoms with Gasteiger partial charge in [0.1, 0.15) is 0 Å². The number of nitrogen functional groups attached to an aromatic ring is 1. The number of aromatic carboxylic acids is 1. The first kappa shape index (κ1) is 17.2. The second-order valence-electron chi connectivity index (χ2n) is 5.48. The summed E-state index contributed by atoms with van der Waals surface area (Å²) in [6.07, 6.45) is 0.928. The van der Waals surface area contributed by atoms with Crippen LogP contribution in [-0.2, 0) is 0 Å². The van der Waals surface area contributed by atoms with Crippen molar-refractivity contribution >= 4 is 28.7 Å². The molecule has 122 valence electrons. The van der Waals surface area contributed by atoms with E-state index in [1.54, 1.807) is 19.1 Å². The van der Waals surface area contributed by atoms with Crippen LogP contribution in [0.25, 0.3) is 10.8 Å². The van der Waals surface area contributed by atoms with Gasteiger partial charge in [-0.05, 0) is 41.8 Å². The lowest BCUT2D eigenvalue weighted by molar-refractivity contribution is 0.0698. The van der Waals surface area contributed by atoms with Gasteiger partial charge in [-0.15, -0.1) is 0 Å². The van der Waals surface area contributed by atoms with E-state index in [2.05, 4.69) is 0 Å². The number of carboxylic acids is 1. The van der Waals surface area contributed by atoms with E-state index >= 15 is 0 Å². The number of para-hydroxylation sites is 1. The molecule has 0 aromatic heterocycles. The Kier molecular flexibility index (Phi) is 5.32. The molecule has 0 aliphatic carbocycles. The Bertz CT molecular complexity index is 901. The normalized spacial score (nSPS) is 9.92. The van der Waals surface area contributed by atoms with Crippen molar-refractivity contribution in [3.05, 3.63) is 76.9 Å². The molecule has 0 bridgehead atoms. The van der Waals surface area contributed by atoms with Gasteiger partial charge in [0, 0.05) is 11.3 Å². The number of anilines is 1. The molecule has 4 nitrogen and oxygen atoms in total. The molecule has 3 N–H and O–H groups in total. The van der Waals surface area contributed by atoms with Crippen LogP contribution in [0.15, 0.2) is 54.6 Å². The first-order valence-corrected chi connectivity index (χ1v) is 7.47. The maximum absolute atomic E-state index is 10.8. The number of aryl methyl sites for hydroxylation is 2. The van der Waals surface area contributed by atoms with Gasteiger partial charge in [0.15, 0.2) is 6.29 Å². The van der Waals surface area contributed by atoms with Crippen LogP contribution in [0.2, 0.25) is 0 Å². The highest BCUT2D eigenvalue weighted by atomic mass is 16.4. The molecule has 3 aromatic rings. The van der Waals surface area contributed by atoms with Gasteiger partial charge >= 0.3 is 5.97 Å². The van der Waals surface area contributed by atoms with E-state index in [0.717, 1.165) is 33.7 Å². The molecule has 0 spiro atoms. The summed E-state index contributed by atoms with van der Waals surface area (Å²) in [5.41, 5.74) is 8.66. The van der Waals surface area contributed by atoms with E-state index in [4.69, 9.17) is 10.8 Å². The highest BCUT2D eigenvalue weighted by Crippen LogP contribution is 2.20. The Morgan fingerprint density at radius 2 is 1.67 bits per heavy atom. The van der Waals surface area contributed by atoms with E-state index in [9.17, 15) is 9.59 Å². The van der Waals surface area contributed by atoms with Crippen molar-refractivity contribution in [1.82, 2.24) is 0 Å². The summed E-state index contributed by atoms with van der Waals surface area (Å²) in [5, 5.41) is 10.8. The zero-order chi connectivity index (χ0) is 17.7. The standard InChI is InChI=1S/C12H10O.C8H9NO2/c1-9-6-7-10-4-2-3-5-11(10)12(9)8-13;1-5-3-2-4-6(7(5)9)8(10)11/h2-8H,1H3;2-4H,9H2,1H3,(H,10,11). The Balaban J connectivity index is 0.000000177. The summed E-state index contributed by atoms with van der Waals surface area (Å²) in [7, 11) is 0. The minimum absolute atomic E-state index is 0.171. The summed E-state index contributed by atoms with van der Waals surface area (Å²) >= 11 is 0. The number of fused-ring (bicyclic) bond motifs is 1. The van der Waals surface area contributed by atoms with Gasteiger partial charge in [-0.2, -0.15) is 0 Å². The summed E-state index contributed by atoms with van der Waals surface area (Å²) < 4.78 is 0. The number of nitrogens with two attached hydrogens (primary N) is 1. The highest BCUT2D eigenvalue weighted by molar-refractivity contribution is 5.99. The molecule has 0 fully saturated rings. The van der Waals surface area contributed by atoms with E-state index in [1.807, 2.05) is 43.3 Å². The van der Waals surface area contributed by atoms with Crippen LogP contribution in [0.3, 0.4) is 0 Å².